The Morgan fingerprint density at radius 1 is 1.23 bits per heavy atom. The SMILES string of the molecule is CC1CCC(C(=O)O)CN1C(=O)CCSc1ccc2c(c1)OCCCO2. The molecule has 2 atom stereocenters. The van der Waals surface area contributed by atoms with E-state index < -0.39 is 11.9 Å². The first-order chi connectivity index (χ1) is 12.5. The molecular weight excluding hydrogens is 354 g/mol. The lowest BCUT2D eigenvalue weighted by molar-refractivity contribution is -0.147. The average Bonchev–Trinajstić information content (AvgIpc) is 2.86. The van der Waals surface area contributed by atoms with Crippen LogP contribution < -0.4 is 9.47 Å². The molecule has 7 heteroatoms. The smallest absolute Gasteiger partial charge is 0.308 e. The number of aliphatic carboxylic acids is 1. The first-order valence-corrected chi connectivity index (χ1v) is 10.1. The summed E-state index contributed by atoms with van der Waals surface area (Å²) in [7, 11) is 0. The Bertz CT molecular complexity index is 665. The first kappa shape index (κ1) is 18.9. The molecule has 1 amide bonds. The van der Waals surface area contributed by atoms with Gasteiger partial charge in [-0.15, -0.1) is 11.8 Å². The molecular formula is C19H25NO5S. The Hall–Kier alpha value is -1.89. The Kier molecular flexibility index (Phi) is 6.29. The minimum absolute atomic E-state index is 0.0327. The van der Waals surface area contributed by atoms with E-state index in [4.69, 9.17) is 9.47 Å². The molecule has 1 N–H and O–H groups in total. The Balaban J connectivity index is 1.52. The standard InChI is InChI=1S/C19H25NO5S/c1-13-3-4-14(19(22)23)12-20(13)18(21)7-10-26-15-5-6-16-17(11-15)25-9-2-8-24-16/h5-6,11,13-14H,2-4,7-10,12H2,1H3,(H,22,23). The summed E-state index contributed by atoms with van der Waals surface area (Å²) in [5, 5.41) is 9.20. The monoisotopic (exact) mass is 379 g/mol. The molecule has 2 heterocycles. The van der Waals surface area contributed by atoms with Gasteiger partial charge in [0.2, 0.25) is 5.91 Å². The zero-order valence-electron chi connectivity index (χ0n) is 15.0. The number of fused-ring (bicyclic) bond motifs is 1. The Morgan fingerprint density at radius 3 is 2.77 bits per heavy atom. The minimum atomic E-state index is -0.809. The number of carboxylic acids is 1. The molecule has 2 aliphatic heterocycles. The van der Waals surface area contributed by atoms with E-state index in [2.05, 4.69) is 0 Å². The van der Waals surface area contributed by atoms with Gasteiger partial charge in [-0.3, -0.25) is 9.59 Å². The molecule has 0 saturated carbocycles. The minimum Gasteiger partial charge on any atom is -0.490 e. The summed E-state index contributed by atoms with van der Waals surface area (Å²) >= 11 is 1.60. The largest absolute Gasteiger partial charge is 0.490 e. The van der Waals surface area contributed by atoms with E-state index in [0.717, 1.165) is 29.2 Å². The van der Waals surface area contributed by atoms with Gasteiger partial charge in [-0.05, 0) is 38.0 Å². The molecule has 142 valence electrons. The fourth-order valence-corrected chi connectivity index (χ4v) is 4.16. The second kappa shape index (κ2) is 8.66. The molecule has 3 rings (SSSR count). The molecule has 26 heavy (non-hydrogen) atoms. The topological polar surface area (TPSA) is 76.1 Å². The van der Waals surface area contributed by atoms with Crippen molar-refractivity contribution in [2.75, 3.05) is 25.5 Å². The summed E-state index contributed by atoms with van der Waals surface area (Å²) in [6.45, 7) is 3.63. The quantitative estimate of drug-likeness (QED) is 0.793. The number of rotatable bonds is 5. The molecule has 2 aliphatic rings. The predicted molar refractivity (Wildman–Crippen MR) is 98.9 cm³/mol. The Labute approximate surface area is 157 Å². The molecule has 0 radical (unpaired) electrons. The number of amides is 1. The van der Waals surface area contributed by atoms with E-state index in [1.165, 1.54) is 0 Å². The lowest BCUT2D eigenvalue weighted by Crippen LogP contribution is -2.47. The number of thioether (sulfide) groups is 1. The van der Waals surface area contributed by atoms with Crippen molar-refractivity contribution in [3.05, 3.63) is 18.2 Å². The highest BCUT2D eigenvalue weighted by atomic mass is 32.2. The van der Waals surface area contributed by atoms with E-state index in [9.17, 15) is 14.7 Å². The van der Waals surface area contributed by atoms with E-state index >= 15 is 0 Å². The van der Waals surface area contributed by atoms with Gasteiger partial charge in [0, 0.05) is 36.1 Å². The maximum Gasteiger partial charge on any atom is 0.308 e. The van der Waals surface area contributed by atoms with Crippen molar-refractivity contribution in [1.82, 2.24) is 4.90 Å². The van der Waals surface area contributed by atoms with Gasteiger partial charge in [0.15, 0.2) is 11.5 Å². The van der Waals surface area contributed by atoms with Crippen LogP contribution in [0.4, 0.5) is 0 Å². The normalized spacial score (nSPS) is 22.6. The summed E-state index contributed by atoms with van der Waals surface area (Å²) in [5.41, 5.74) is 0. The summed E-state index contributed by atoms with van der Waals surface area (Å²) in [4.78, 5) is 26.5. The van der Waals surface area contributed by atoms with Gasteiger partial charge in [0.1, 0.15) is 0 Å². The van der Waals surface area contributed by atoms with Crippen LogP contribution in [0.15, 0.2) is 23.1 Å². The fraction of sp³-hybridized carbons (Fsp3) is 0.579. The van der Waals surface area contributed by atoms with Crippen LogP contribution >= 0.6 is 11.8 Å². The Morgan fingerprint density at radius 2 is 2.00 bits per heavy atom. The van der Waals surface area contributed by atoms with Gasteiger partial charge < -0.3 is 19.5 Å². The van der Waals surface area contributed by atoms with Crippen LogP contribution in [0.5, 0.6) is 11.5 Å². The van der Waals surface area contributed by atoms with Crippen LogP contribution in [0.2, 0.25) is 0 Å². The van der Waals surface area contributed by atoms with Crippen molar-refractivity contribution < 1.29 is 24.2 Å². The van der Waals surface area contributed by atoms with Crippen molar-refractivity contribution in [3.8, 4) is 11.5 Å². The molecule has 6 nitrogen and oxygen atoms in total. The van der Waals surface area contributed by atoms with E-state index in [1.54, 1.807) is 16.7 Å². The number of ether oxygens (including phenoxy) is 2. The number of carbonyl (C=O) groups is 2. The molecule has 1 saturated heterocycles. The number of hydrogen-bond donors (Lipinski definition) is 1. The van der Waals surface area contributed by atoms with Gasteiger partial charge in [0.05, 0.1) is 19.1 Å². The third-order valence-corrected chi connectivity index (χ3v) is 5.85. The highest BCUT2D eigenvalue weighted by Gasteiger charge is 2.32. The van der Waals surface area contributed by atoms with E-state index in [1.807, 2.05) is 25.1 Å². The summed E-state index contributed by atoms with van der Waals surface area (Å²) < 4.78 is 11.3. The van der Waals surface area contributed by atoms with Gasteiger partial charge in [-0.25, -0.2) is 0 Å². The molecule has 1 fully saturated rings. The molecule has 0 spiro atoms. The summed E-state index contributed by atoms with van der Waals surface area (Å²) in [6, 6.07) is 5.96. The van der Waals surface area contributed by atoms with Crippen LogP contribution in [0, 0.1) is 5.92 Å². The van der Waals surface area contributed by atoms with Crippen LogP contribution in [0.1, 0.15) is 32.6 Å². The molecule has 0 aliphatic carbocycles. The molecule has 0 aromatic heterocycles. The maximum absolute atomic E-state index is 12.5. The number of carbonyl (C=O) groups excluding carboxylic acids is 1. The highest BCUT2D eigenvalue weighted by Crippen LogP contribution is 2.34. The third-order valence-electron chi connectivity index (χ3n) is 4.86. The second-order valence-corrected chi connectivity index (χ2v) is 7.93. The number of carboxylic acid groups (broad SMARTS) is 1. The number of nitrogens with zero attached hydrogens (tertiary/aromatic N) is 1. The van der Waals surface area contributed by atoms with Crippen LogP contribution in [-0.2, 0) is 9.59 Å². The summed E-state index contributed by atoms with van der Waals surface area (Å²) in [6.07, 6.45) is 2.66. The lowest BCUT2D eigenvalue weighted by Gasteiger charge is -2.36. The molecule has 0 bridgehead atoms. The second-order valence-electron chi connectivity index (χ2n) is 6.77. The molecule has 1 aromatic rings. The molecule has 2 unspecified atom stereocenters. The van der Waals surface area contributed by atoms with E-state index in [0.29, 0.717) is 38.4 Å². The molecule has 1 aromatic carbocycles. The number of piperidine rings is 1. The van der Waals surface area contributed by atoms with Crippen LogP contribution in [0.3, 0.4) is 0 Å². The van der Waals surface area contributed by atoms with Crippen LogP contribution in [0.25, 0.3) is 0 Å². The van der Waals surface area contributed by atoms with Crippen molar-refractivity contribution in [2.24, 2.45) is 5.92 Å². The number of benzene rings is 1. The first-order valence-electron chi connectivity index (χ1n) is 9.09. The van der Waals surface area contributed by atoms with Gasteiger partial charge in [0.25, 0.3) is 0 Å². The average molecular weight is 379 g/mol. The number of likely N-dealkylation sites (tertiary alicyclic amines) is 1. The van der Waals surface area contributed by atoms with Gasteiger partial charge >= 0.3 is 5.97 Å². The lowest BCUT2D eigenvalue weighted by atomic mass is 9.93. The van der Waals surface area contributed by atoms with Gasteiger partial charge in [-0.1, -0.05) is 0 Å². The van der Waals surface area contributed by atoms with Crippen molar-refractivity contribution in [2.45, 2.75) is 43.5 Å². The predicted octanol–water partition coefficient (Wildman–Crippen LogP) is 3.04. The maximum atomic E-state index is 12.5. The fourth-order valence-electron chi connectivity index (χ4n) is 3.29. The third kappa shape index (κ3) is 4.63. The highest BCUT2D eigenvalue weighted by molar-refractivity contribution is 7.99. The number of hydrogen-bond acceptors (Lipinski definition) is 5. The van der Waals surface area contributed by atoms with E-state index in [-0.39, 0.29) is 11.9 Å². The zero-order valence-corrected chi connectivity index (χ0v) is 15.8. The van der Waals surface area contributed by atoms with Crippen molar-refractivity contribution in [3.63, 3.8) is 0 Å². The van der Waals surface area contributed by atoms with Crippen LogP contribution in [-0.4, -0.2) is 53.4 Å². The summed E-state index contributed by atoms with van der Waals surface area (Å²) in [5.74, 6) is 0.961. The van der Waals surface area contributed by atoms with Gasteiger partial charge in [-0.2, -0.15) is 0 Å². The van der Waals surface area contributed by atoms with Crippen molar-refractivity contribution >= 4 is 23.6 Å². The van der Waals surface area contributed by atoms with Crippen molar-refractivity contribution in [1.29, 1.82) is 0 Å². The zero-order chi connectivity index (χ0) is 18.5.